The van der Waals surface area contributed by atoms with Gasteiger partial charge in [0.05, 0.1) is 13.2 Å². The van der Waals surface area contributed by atoms with Crippen molar-refractivity contribution in [3.05, 3.63) is 76.7 Å². The fraction of sp³-hybridized carbons (Fsp3) is 0.250. The molecule has 0 unspecified atom stereocenters. The Balaban J connectivity index is 1.66. The Morgan fingerprint density at radius 3 is 2.50 bits per heavy atom. The molecule has 3 rings (SSSR count). The normalized spacial score (nSPS) is 10.6. The maximum absolute atomic E-state index is 12.6. The van der Waals surface area contributed by atoms with E-state index in [0.29, 0.717) is 17.1 Å². The summed E-state index contributed by atoms with van der Waals surface area (Å²) in [6, 6.07) is 18.1. The second-order valence-corrected chi connectivity index (χ2v) is 7.88. The Morgan fingerprint density at radius 2 is 1.80 bits per heavy atom. The molecule has 0 aliphatic carbocycles. The maximum Gasteiger partial charge on any atom is 0.341 e. The number of hydrogen-bond acceptors (Lipinski definition) is 4. The van der Waals surface area contributed by atoms with E-state index in [1.54, 1.807) is 6.92 Å². The molecule has 0 aliphatic rings. The predicted octanol–water partition coefficient (Wildman–Crippen LogP) is 3.64. The molecule has 3 aromatic rings. The molecular formula is C24H27N2O3S+. The second-order valence-electron chi connectivity index (χ2n) is 7.01. The molecule has 0 spiro atoms. The first-order valence-corrected chi connectivity index (χ1v) is 11.0. The third kappa shape index (κ3) is 5.78. The molecule has 5 nitrogen and oxygen atoms in total. The van der Waals surface area contributed by atoms with Gasteiger partial charge in [0.1, 0.15) is 10.6 Å². The summed E-state index contributed by atoms with van der Waals surface area (Å²) in [7, 11) is 0. The van der Waals surface area contributed by atoms with Gasteiger partial charge in [-0.25, -0.2) is 4.79 Å². The number of anilines is 1. The number of carbonyl (C=O) groups is 2. The second kappa shape index (κ2) is 10.7. The number of hydrogen-bond donors (Lipinski definition) is 2. The number of aryl methyl sites for hydroxylation is 1. The van der Waals surface area contributed by atoms with Crippen LogP contribution in [0.4, 0.5) is 5.00 Å². The summed E-state index contributed by atoms with van der Waals surface area (Å²) >= 11 is 1.35. The van der Waals surface area contributed by atoms with E-state index in [2.05, 4.69) is 17.4 Å². The number of quaternary nitrogens is 1. The lowest BCUT2D eigenvalue weighted by Crippen LogP contribution is -2.86. The highest BCUT2D eigenvalue weighted by Crippen LogP contribution is 2.36. The molecule has 0 saturated carbocycles. The van der Waals surface area contributed by atoms with E-state index in [1.165, 1.54) is 16.9 Å². The minimum Gasteiger partial charge on any atom is -0.462 e. The van der Waals surface area contributed by atoms with Crippen LogP contribution in [0.5, 0.6) is 0 Å². The SMILES string of the molecule is CCOC(=O)c1c(-c2ccc(C)cc2)csc1NC(=O)C[NH2+]CCc1ccccc1. The molecule has 0 atom stereocenters. The number of nitrogens with two attached hydrogens (primary N) is 1. The van der Waals surface area contributed by atoms with Crippen LogP contribution < -0.4 is 10.6 Å². The van der Waals surface area contributed by atoms with E-state index in [1.807, 2.05) is 60.1 Å². The van der Waals surface area contributed by atoms with Crippen molar-refractivity contribution in [2.75, 3.05) is 25.0 Å². The molecule has 2 aromatic carbocycles. The number of carbonyl (C=O) groups excluding carboxylic acids is 2. The largest absolute Gasteiger partial charge is 0.462 e. The molecular weight excluding hydrogens is 396 g/mol. The number of amides is 1. The average molecular weight is 424 g/mol. The van der Waals surface area contributed by atoms with Gasteiger partial charge in [-0.1, -0.05) is 60.2 Å². The first-order chi connectivity index (χ1) is 14.6. The van der Waals surface area contributed by atoms with Gasteiger partial charge < -0.3 is 15.4 Å². The lowest BCUT2D eigenvalue weighted by atomic mass is 10.0. The van der Waals surface area contributed by atoms with Gasteiger partial charge in [0.15, 0.2) is 6.54 Å². The third-order valence-corrected chi connectivity index (χ3v) is 5.59. The smallest absolute Gasteiger partial charge is 0.341 e. The van der Waals surface area contributed by atoms with Crippen molar-refractivity contribution in [2.45, 2.75) is 20.3 Å². The lowest BCUT2D eigenvalue weighted by Gasteiger charge is -2.09. The van der Waals surface area contributed by atoms with Crippen LogP contribution in [0, 0.1) is 6.92 Å². The quantitative estimate of drug-likeness (QED) is 0.408. The number of esters is 1. The number of ether oxygens (including phenoxy) is 1. The van der Waals surface area contributed by atoms with E-state index >= 15 is 0 Å². The minimum absolute atomic E-state index is 0.133. The fourth-order valence-electron chi connectivity index (χ4n) is 3.13. The summed E-state index contributed by atoms with van der Waals surface area (Å²) in [4.78, 5) is 25.1. The van der Waals surface area contributed by atoms with Crippen molar-refractivity contribution in [1.82, 2.24) is 0 Å². The highest BCUT2D eigenvalue weighted by molar-refractivity contribution is 7.15. The van der Waals surface area contributed by atoms with E-state index in [9.17, 15) is 9.59 Å². The molecule has 0 aliphatic heterocycles. The maximum atomic E-state index is 12.6. The zero-order chi connectivity index (χ0) is 21.3. The molecule has 6 heteroatoms. The van der Waals surface area contributed by atoms with E-state index in [4.69, 9.17) is 4.74 Å². The van der Waals surface area contributed by atoms with Crippen LogP contribution in [0.2, 0.25) is 0 Å². The minimum atomic E-state index is -0.419. The highest BCUT2D eigenvalue weighted by Gasteiger charge is 2.23. The number of thiophene rings is 1. The Labute approximate surface area is 181 Å². The lowest BCUT2D eigenvalue weighted by molar-refractivity contribution is -0.643. The predicted molar refractivity (Wildman–Crippen MR) is 121 cm³/mol. The monoisotopic (exact) mass is 423 g/mol. The van der Waals surface area contributed by atoms with Gasteiger partial charge in [-0.15, -0.1) is 11.3 Å². The molecule has 0 radical (unpaired) electrons. The number of benzene rings is 2. The Hall–Kier alpha value is -2.96. The highest BCUT2D eigenvalue weighted by atomic mass is 32.1. The first kappa shape index (κ1) is 21.7. The van der Waals surface area contributed by atoms with Crippen molar-refractivity contribution in [3.8, 4) is 11.1 Å². The Bertz CT molecular complexity index is 981. The summed E-state index contributed by atoms with van der Waals surface area (Å²) in [5.74, 6) is -0.552. The molecule has 156 valence electrons. The fourth-order valence-corrected chi connectivity index (χ4v) is 4.10. The summed E-state index contributed by atoms with van der Waals surface area (Å²) in [6.45, 7) is 5.19. The molecule has 0 bridgehead atoms. The summed E-state index contributed by atoms with van der Waals surface area (Å²) in [5.41, 5.74) is 4.52. The van der Waals surface area contributed by atoms with Crippen LogP contribution >= 0.6 is 11.3 Å². The van der Waals surface area contributed by atoms with Crippen molar-refractivity contribution in [2.24, 2.45) is 0 Å². The van der Waals surface area contributed by atoms with Gasteiger partial charge in [-0.3, -0.25) is 4.79 Å². The molecule has 0 fully saturated rings. The van der Waals surface area contributed by atoms with Crippen LogP contribution in [0.15, 0.2) is 60.0 Å². The van der Waals surface area contributed by atoms with Crippen molar-refractivity contribution in [3.63, 3.8) is 0 Å². The summed E-state index contributed by atoms with van der Waals surface area (Å²) in [6.07, 6.45) is 0.902. The van der Waals surface area contributed by atoms with Crippen molar-refractivity contribution < 1.29 is 19.6 Å². The van der Waals surface area contributed by atoms with E-state index < -0.39 is 5.97 Å². The standard InChI is InChI=1S/C24H26N2O3S/c1-3-29-24(28)22-20(19-11-9-17(2)10-12-19)16-30-23(22)26-21(27)15-25-14-13-18-7-5-4-6-8-18/h4-12,16,25H,3,13-15H2,1-2H3,(H,26,27)/p+1. The number of nitrogens with one attached hydrogen (secondary N) is 1. The van der Waals surface area contributed by atoms with Gasteiger partial charge in [0, 0.05) is 17.4 Å². The topological polar surface area (TPSA) is 72.0 Å². The molecule has 30 heavy (non-hydrogen) atoms. The van der Waals surface area contributed by atoms with Crippen molar-refractivity contribution in [1.29, 1.82) is 0 Å². The molecule has 1 amide bonds. The van der Waals surface area contributed by atoms with Crippen molar-refractivity contribution >= 4 is 28.2 Å². The average Bonchev–Trinajstić information content (AvgIpc) is 3.16. The first-order valence-electron chi connectivity index (χ1n) is 10.1. The molecule has 0 saturated heterocycles. The summed E-state index contributed by atoms with van der Waals surface area (Å²) in [5, 5.41) is 7.30. The zero-order valence-corrected chi connectivity index (χ0v) is 18.1. The summed E-state index contributed by atoms with van der Waals surface area (Å²) < 4.78 is 5.25. The van der Waals surface area contributed by atoms with Crippen LogP contribution in [-0.2, 0) is 16.0 Å². The molecule has 3 N–H and O–H groups in total. The van der Waals surface area contributed by atoms with Gasteiger partial charge in [0.25, 0.3) is 5.91 Å². The Morgan fingerprint density at radius 1 is 1.07 bits per heavy atom. The zero-order valence-electron chi connectivity index (χ0n) is 17.3. The number of rotatable bonds is 9. The van der Waals surface area contributed by atoms with Crippen LogP contribution in [0.3, 0.4) is 0 Å². The Kier molecular flexibility index (Phi) is 7.76. The third-order valence-electron chi connectivity index (χ3n) is 4.70. The van der Waals surface area contributed by atoms with Gasteiger partial charge in [-0.2, -0.15) is 0 Å². The molecule has 1 heterocycles. The van der Waals surface area contributed by atoms with Crippen LogP contribution in [-0.4, -0.2) is 31.6 Å². The van der Waals surface area contributed by atoms with E-state index in [-0.39, 0.29) is 12.5 Å². The van der Waals surface area contributed by atoms with E-state index in [0.717, 1.165) is 29.7 Å². The van der Waals surface area contributed by atoms with Gasteiger partial charge in [0.2, 0.25) is 0 Å². The van der Waals surface area contributed by atoms with Gasteiger partial charge in [-0.05, 0) is 25.0 Å². The molecule has 1 aromatic heterocycles. The van der Waals surface area contributed by atoms with Crippen LogP contribution in [0.1, 0.15) is 28.4 Å². The van der Waals surface area contributed by atoms with Gasteiger partial charge >= 0.3 is 5.97 Å². The van der Waals surface area contributed by atoms with Crippen LogP contribution in [0.25, 0.3) is 11.1 Å².